The molecule has 4 heteroatoms. The Kier molecular flexibility index (Phi) is 5.32. The molecule has 0 fully saturated rings. The molecule has 2 nitrogen and oxygen atoms in total. The SMILES string of the molecule is CCCSCC(=O)c1ccc(OC)c(F)c1. The molecule has 1 aromatic rings. The van der Waals surface area contributed by atoms with Crippen LogP contribution in [0.25, 0.3) is 0 Å². The van der Waals surface area contributed by atoms with Crippen LogP contribution in [0.4, 0.5) is 4.39 Å². The first kappa shape index (κ1) is 13.0. The minimum Gasteiger partial charge on any atom is -0.494 e. The van der Waals surface area contributed by atoms with Gasteiger partial charge in [-0.2, -0.15) is 11.8 Å². The van der Waals surface area contributed by atoms with Gasteiger partial charge in [0, 0.05) is 5.56 Å². The van der Waals surface area contributed by atoms with Crippen molar-refractivity contribution in [2.45, 2.75) is 13.3 Å². The van der Waals surface area contributed by atoms with Crippen molar-refractivity contribution < 1.29 is 13.9 Å². The fourth-order valence-electron chi connectivity index (χ4n) is 1.23. The van der Waals surface area contributed by atoms with E-state index in [4.69, 9.17) is 4.74 Å². The zero-order chi connectivity index (χ0) is 12.0. The number of carbonyl (C=O) groups excluding carboxylic acids is 1. The molecule has 0 aliphatic heterocycles. The highest BCUT2D eigenvalue weighted by atomic mass is 32.2. The second-order valence-electron chi connectivity index (χ2n) is 3.33. The predicted octanol–water partition coefficient (Wildman–Crippen LogP) is 3.16. The van der Waals surface area contributed by atoms with Crippen LogP contribution in [0.5, 0.6) is 5.75 Å². The van der Waals surface area contributed by atoms with Gasteiger partial charge in [-0.3, -0.25) is 4.79 Å². The van der Waals surface area contributed by atoms with E-state index in [9.17, 15) is 9.18 Å². The van der Waals surface area contributed by atoms with Crippen molar-refractivity contribution in [3.8, 4) is 5.75 Å². The van der Waals surface area contributed by atoms with Crippen LogP contribution in [0.3, 0.4) is 0 Å². The Labute approximate surface area is 99.2 Å². The molecule has 0 saturated heterocycles. The average molecular weight is 242 g/mol. The highest BCUT2D eigenvalue weighted by molar-refractivity contribution is 7.99. The number of hydrogen-bond donors (Lipinski definition) is 0. The van der Waals surface area contributed by atoms with Crippen molar-refractivity contribution in [1.29, 1.82) is 0 Å². The molecule has 88 valence electrons. The Morgan fingerprint density at radius 3 is 2.81 bits per heavy atom. The molecule has 0 bridgehead atoms. The van der Waals surface area contributed by atoms with E-state index in [0.29, 0.717) is 11.3 Å². The summed E-state index contributed by atoms with van der Waals surface area (Å²) in [4.78, 5) is 11.6. The molecule has 0 spiro atoms. The van der Waals surface area contributed by atoms with Crippen LogP contribution in [-0.2, 0) is 0 Å². The lowest BCUT2D eigenvalue weighted by atomic mass is 10.1. The van der Waals surface area contributed by atoms with E-state index in [1.807, 2.05) is 0 Å². The van der Waals surface area contributed by atoms with Gasteiger partial charge in [0.05, 0.1) is 12.9 Å². The summed E-state index contributed by atoms with van der Waals surface area (Å²) < 4.78 is 18.1. The number of ketones is 1. The Hall–Kier alpha value is -1.03. The van der Waals surface area contributed by atoms with Crippen molar-refractivity contribution in [3.05, 3.63) is 29.6 Å². The third-order valence-electron chi connectivity index (χ3n) is 2.06. The monoisotopic (exact) mass is 242 g/mol. The molecule has 1 rings (SSSR count). The number of thioether (sulfide) groups is 1. The minimum atomic E-state index is -0.492. The third-order valence-corrected chi connectivity index (χ3v) is 3.22. The summed E-state index contributed by atoms with van der Waals surface area (Å²) >= 11 is 1.57. The van der Waals surface area contributed by atoms with Crippen molar-refractivity contribution in [2.75, 3.05) is 18.6 Å². The maximum Gasteiger partial charge on any atom is 0.172 e. The molecule has 0 unspecified atom stereocenters. The van der Waals surface area contributed by atoms with Crippen molar-refractivity contribution in [1.82, 2.24) is 0 Å². The van der Waals surface area contributed by atoms with Gasteiger partial charge in [-0.25, -0.2) is 4.39 Å². The van der Waals surface area contributed by atoms with Crippen LogP contribution in [0.2, 0.25) is 0 Å². The third kappa shape index (κ3) is 3.52. The van der Waals surface area contributed by atoms with Crippen LogP contribution >= 0.6 is 11.8 Å². The molecule has 0 N–H and O–H groups in total. The number of Topliss-reactive ketones (excluding diaryl/α,β-unsaturated/α-hetero) is 1. The summed E-state index contributed by atoms with van der Waals surface area (Å²) in [6.07, 6.45) is 1.04. The Morgan fingerprint density at radius 2 is 2.25 bits per heavy atom. The first-order valence-electron chi connectivity index (χ1n) is 5.13. The molecule has 0 amide bonds. The topological polar surface area (TPSA) is 26.3 Å². The summed E-state index contributed by atoms with van der Waals surface area (Å²) in [6.45, 7) is 2.06. The van der Waals surface area contributed by atoms with E-state index < -0.39 is 5.82 Å². The molecule has 0 aliphatic rings. The second kappa shape index (κ2) is 6.53. The first-order chi connectivity index (χ1) is 7.69. The predicted molar refractivity (Wildman–Crippen MR) is 64.9 cm³/mol. The number of methoxy groups -OCH3 is 1. The zero-order valence-electron chi connectivity index (χ0n) is 9.46. The summed E-state index contributed by atoms with van der Waals surface area (Å²) in [6, 6.07) is 4.30. The van der Waals surface area contributed by atoms with Crippen LogP contribution in [-0.4, -0.2) is 24.4 Å². The van der Waals surface area contributed by atoms with E-state index in [1.54, 1.807) is 17.8 Å². The van der Waals surface area contributed by atoms with Crippen LogP contribution in [0, 0.1) is 5.82 Å². The van der Waals surface area contributed by atoms with Gasteiger partial charge in [0.2, 0.25) is 0 Å². The number of carbonyl (C=O) groups is 1. The molecule has 1 aromatic carbocycles. The molecular weight excluding hydrogens is 227 g/mol. The van der Waals surface area contributed by atoms with Gasteiger partial charge < -0.3 is 4.74 Å². The molecule has 0 atom stereocenters. The van der Waals surface area contributed by atoms with Gasteiger partial charge in [-0.05, 0) is 30.4 Å². The number of hydrogen-bond acceptors (Lipinski definition) is 3. The van der Waals surface area contributed by atoms with Gasteiger partial charge in [0.15, 0.2) is 17.3 Å². The normalized spacial score (nSPS) is 10.2. The van der Waals surface area contributed by atoms with Gasteiger partial charge in [-0.15, -0.1) is 0 Å². The van der Waals surface area contributed by atoms with Crippen molar-refractivity contribution in [2.24, 2.45) is 0 Å². The second-order valence-corrected chi connectivity index (χ2v) is 4.43. The van der Waals surface area contributed by atoms with E-state index >= 15 is 0 Å². The largest absolute Gasteiger partial charge is 0.494 e. The lowest BCUT2D eigenvalue weighted by Gasteiger charge is -2.04. The summed E-state index contributed by atoms with van der Waals surface area (Å²) in [5.41, 5.74) is 0.405. The molecule has 0 aromatic heterocycles. The molecule has 0 heterocycles. The highest BCUT2D eigenvalue weighted by Gasteiger charge is 2.09. The molecule has 0 saturated carbocycles. The van der Waals surface area contributed by atoms with Gasteiger partial charge in [0.25, 0.3) is 0 Å². The minimum absolute atomic E-state index is 0.0417. The maximum atomic E-state index is 13.3. The zero-order valence-corrected chi connectivity index (χ0v) is 10.3. The maximum absolute atomic E-state index is 13.3. The number of ether oxygens (including phenoxy) is 1. The lowest BCUT2D eigenvalue weighted by Crippen LogP contribution is -2.04. The number of benzene rings is 1. The first-order valence-corrected chi connectivity index (χ1v) is 6.29. The quantitative estimate of drug-likeness (QED) is 0.566. The van der Waals surface area contributed by atoms with Gasteiger partial charge >= 0.3 is 0 Å². The van der Waals surface area contributed by atoms with E-state index in [1.165, 1.54) is 19.2 Å². The molecular formula is C12H15FO2S. The van der Waals surface area contributed by atoms with E-state index in [-0.39, 0.29) is 11.5 Å². The molecule has 0 radical (unpaired) electrons. The van der Waals surface area contributed by atoms with Gasteiger partial charge in [0.1, 0.15) is 0 Å². The lowest BCUT2D eigenvalue weighted by molar-refractivity contribution is 0.102. The summed E-state index contributed by atoms with van der Waals surface area (Å²) in [7, 11) is 1.40. The molecule has 0 aliphatic carbocycles. The summed E-state index contributed by atoms with van der Waals surface area (Å²) in [5, 5.41) is 0. The van der Waals surface area contributed by atoms with Gasteiger partial charge in [-0.1, -0.05) is 6.92 Å². The smallest absolute Gasteiger partial charge is 0.172 e. The van der Waals surface area contributed by atoms with E-state index in [2.05, 4.69) is 6.92 Å². The fourth-order valence-corrected chi connectivity index (χ4v) is 2.02. The average Bonchev–Trinajstić information content (AvgIpc) is 2.29. The van der Waals surface area contributed by atoms with Crippen LogP contribution in [0.15, 0.2) is 18.2 Å². The van der Waals surface area contributed by atoms with Crippen LogP contribution < -0.4 is 4.74 Å². The Morgan fingerprint density at radius 1 is 1.50 bits per heavy atom. The fraction of sp³-hybridized carbons (Fsp3) is 0.417. The van der Waals surface area contributed by atoms with Crippen molar-refractivity contribution >= 4 is 17.5 Å². The highest BCUT2D eigenvalue weighted by Crippen LogP contribution is 2.18. The Balaban J connectivity index is 2.66. The number of rotatable bonds is 6. The van der Waals surface area contributed by atoms with E-state index in [0.717, 1.165) is 12.2 Å². The Bertz CT molecular complexity index is 366. The molecule has 16 heavy (non-hydrogen) atoms. The summed E-state index contributed by atoms with van der Waals surface area (Å²) in [5.74, 6) is 0.982. The van der Waals surface area contributed by atoms with Crippen molar-refractivity contribution in [3.63, 3.8) is 0 Å². The standard InChI is InChI=1S/C12H15FO2S/c1-3-6-16-8-11(14)9-4-5-12(15-2)10(13)7-9/h4-5,7H,3,6,8H2,1-2H3. The number of halogens is 1. The van der Waals surface area contributed by atoms with Crippen LogP contribution in [0.1, 0.15) is 23.7 Å².